The van der Waals surface area contributed by atoms with Gasteiger partial charge in [-0.2, -0.15) is 58.4 Å². The normalized spacial score (nSPS) is 13.1. The Bertz CT molecular complexity index is 1990. The zero-order valence-electron chi connectivity index (χ0n) is 25.0. The Kier molecular flexibility index (Phi) is 26.1. The molecule has 0 fully saturated rings. The van der Waals surface area contributed by atoms with E-state index >= 15 is 0 Å². The maximum Gasteiger partial charge on any atom is 2.00 e. The molecule has 0 bridgehead atoms. The van der Waals surface area contributed by atoms with Crippen molar-refractivity contribution in [3.8, 4) is 0 Å². The summed E-state index contributed by atoms with van der Waals surface area (Å²) in [6.07, 6.45) is 11.6. The van der Waals surface area contributed by atoms with E-state index < -0.39 is 62.5 Å². The molecule has 12 nitrogen and oxygen atoms in total. The first-order valence-electron chi connectivity index (χ1n) is 11.8. The van der Waals surface area contributed by atoms with Gasteiger partial charge in [-0.1, -0.05) is 44.7 Å². The molecular formula is C26H20F12O12S4Sn2. The monoisotopic (exact) mass is 1120 g/mol. The maximum absolute atomic E-state index is 10.7. The van der Waals surface area contributed by atoms with Crippen LogP contribution in [-0.4, -0.2) is 122 Å². The van der Waals surface area contributed by atoms with Crippen molar-refractivity contribution in [3.05, 3.63) is 101 Å². The van der Waals surface area contributed by atoms with Gasteiger partial charge in [0.25, 0.3) is 0 Å². The molecule has 0 N–H and O–H groups in total. The van der Waals surface area contributed by atoms with Crippen LogP contribution in [0.25, 0.3) is 17.2 Å². The van der Waals surface area contributed by atoms with Crippen LogP contribution in [0.2, 0.25) is 0 Å². The first-order valence-corrected chi connectivity index (χ1v) is 17.4. The topological polar surface area (TPSA) is 229 Å². The number of rotatable bonds is 1. The summed E-state index contributed by atoms with van der Waals surface area (Å²) in [6, 6.07) is 16.9. The molecule has 0 saturated heterocycles. The van der Waals surface area contributed by atoms with Gasteiger partial charge in [-0.25, -0.2) is 33.7 Å². The number of halogens is 12. The van der Waals surface area contributed by atoms with Gasteiger partial charge < -0.3 is 18.2 Å². The van der Waals surface area contributed by atoms with Gasteiger partial charge in [0, 0.05) is 17.7 Å². The van der Waals surface area contributed by atoms with Crippen LogP contribution in [0.5, 0.6) is 0 Å². The number of alkyl halides is 12. The standard InChI is InChI=1S/C20H12.4CHF3O3S.2CH4.2Sn/c1-3-11-17-15(7-1)9-5-13-19(17)20-14-6-10-16-8-2-4-12-18(16)20;4*2-1(3,4)8(5,6)7;;;;/h1-12H;4*(H,5,6,7);2*1H4;;/q;;;;;;;2*+2/p-4. The predicted octanol–water partition coefficient (Wildman–Crippen LogP) is 5.42. The average molecular weight is 1120 g/mol. The molecule has 0 saturated carbocycles. The second-order valence-electron chi connectivity index (χ2n) is 8.48. The Hall–Kier alpha value is -2.38. The molecule has 0 heterocycles. The van der Waals surface area contributed by atoms with Crippen molar-refractivity contribution in [1.82, 2.24) is 0 Å². The first kappa shape index (κ1) is 62.8. The Labute approximate surface area is 346 Å². The van der Waals surface area contributed by atoms with E-state index in [2.05, 4.69) is 72.8 Å². The van der Waals surface area contributed by atoms with Crippen LogP contribution in [0.4, 0.5) is 52.7 Å². The van der Waals surface area contributed by atoms with Gasteiger partial charge in [0.05, 0.1) is 17.2 Å². The second-order valence-corrected chi connectivity index (χ2v) is 14.0. The Balaban J connectivity index is -0.000000208. The van der Waals surface area contributed by atoms with Crippen molar-refractivity contribution < 1.29 is 105 Å². The molecule has 4 radical (unpaired) electrons. The molecule has 0 aliphatic heterocycles. The summed E-state index contributed by atoms with van der Waals surface area (Å²) < 4.78 is 236. The van der Waals surface area contributed by atoms with Gasteiger partial charge in [-0.05, 0) is 12.1 Å². The van der Waals surface area contributed by atoms with Crippen molar-refractivity contribution in [2.45, 2.75) is 36.9 Å². The van der Waals surface area contributed by atoms with Crippen LogP contribution in [0, 0.1) is 12.5 Å². The smallest absolute Gasteiger partial charge is 0.741 e. The van der Waals surface area contributed by atoms with E-state index in [0.717, 1.165) is 11.1 Å². The zero-order chi connectivity index (χ0) is 41.4. The van der Waals surface area contributed by atoms with Gasteiger partial charge in [0.15, 0.2) is 46.0 Å². The number of fused-ring (bicyclic) bond motifs is 2. The molecule has 30 heteroatoms. The quantitative estimate of drug-likeness (QED) is 0.0871. The van der Waals surface area contributed by atoms with Crippen molar-refractivity contribution >= 4 is 106 Å². The van der Waals surface area contributed by atoms with Crippen LogP contribution in [-0.2, 0) is 40.5 Å². The molecule has 0 unspecified atom stereocenters. The molecule has 2 aromatic rings. The molecule has 0 aromatic heterocycles. The summed E-state index contributed by atoms with van der Waals surface area (Å²) in [4.78, 5) is 0. The second kappa shape index (κ2) is 23.3. The van der Waals surface area contributed by atoms with Gasteiger partial charge in [0.1, 0.15) is 0 Å². The van der Waals surface area contributed by atoms with Crippen LogP contribution in [0.3, 0.4) is 0 Å². The predicted molar refractivity (Wildman–Crippen MR) is 171 cm³/mol. The SMILES string of the molecule is C.C.C1=C[CH-]c2ccccc2C=1C1=[C+]C=Cc2ccccc21.O=S(=O)([O-])C(F)(F)F.O=S(=O)([O-])C(F)(F)F.O=S(=O)([O-])C(F)(F)F.O=S(=O)([O-])C(F)(F)F.[Sn+2].[Sn+2]. The maximum atomic E-state index is 10.7. The third-order valence-corrected chi connectivity index (χ3v) is 7.09. The van der Waals surface area contributed by atoms with Crippen molar-refractivity contribution in [3.63, 3.8) is 0 Å². The van der Waals surface area contributed by atoms with E-state index in [1.807, 2.05) is 12.2 Å². The average Bonchev–Trinajstić information content (AvgIpc) is 2.94. The summed E-state index contributed by atoms with van der Waals surface area (Å²) in [5.41, 5.74) is -12.0. The van der Waals surface area contributed by atoms with Crippen molar-refractivity contribution in [2.24, 2.45) is 0 Å². The van der Waals surface area contributed by atoms with E-state index in [9.17, 15) is 52.7 Å². The molecular weight excluding hydrogens is 1100 g/mol. The van der Waals surface area contributed by atoms with Crippen LogP contribution < -0.4 is 0 Å². The molecule has 0 atom stereocenters. The van der Waals surface area contributed by atoms with Gasteiger partial charge in [-0.15, -0.1) is 30.2 Å². The molecule has 2 aliphatic rings. The molecule has 0 amide bonds. The summed E-state index contributed by atoms with van der Waals surface area (Å²) in [6.45, 7) is 0. The fourth-order valence-electron chi connectivity index (χ4n) is 2.74. The molecule has 2 aliphatic carbocycles. The van der Waals surface area contributed by atoms with E-state index in [-0.39, 0.29) is 62.7 Å². The molecule has 312 valence electrons. The zero-order valence-corrected chi connectivity index (χ0v) is 34.0. The van der Waals surface area contributed by atoms with Crippen molar-refractivity contribution in [2.75, 3.05) is 0 Å². The fraction of sp³-hybridized carbons (Fsp3) is 0.231. The minimum atomic E-state index is -6.09. The third kappa shape index (κ3) is 20.9. The third-order valence-electron chi connectivity index (χ3n) is 4.83. The largest absolute Gasteiger partial charge is 2.00 e. The summed E-state index contributed by atoms with van der Waals surface area (Å²) >= 11 is 0. The molecule has 4 rings (SSSR count). The Morgan fingerprint density at radius 1 is 0.536 bits per heavy atom. The van der Waals surface area contributed by atoms with Crippen LogP contribution in [0.1, 0.15) is 37.1 Å². The minimum absolute atomic E-state index is 0. The van der Waals surface area contributed by atoms with E-state index in [0.29, 0.717) is 0 Å². The van der Waals surface area contributed by atoms with Crippen LogP contribution >= 0.6 is 0 Å². The van der Waals surface area contributed by atoms with Gasteiger partial charge >= 0.3 is 69.8 Å². The molecule has 56 heavy (non-hydrogen) atoms. The Morgan fingerprint density at radius 3 is 1.18 bits per heavy atom. The number of benzene rings is 2. The molecule has 2 aromatic carbocycles. The van der Waals surface area contributed by atoms with E-state index in [1.54, 1.807) is 0 Å². The number of allylic oxidation sites excluding steroid dienone is 4. The fourth-order valence-corrected chi connectivity index (χ4v) is 2.74. The van der Waals surface area contributed by atoms with E-state index in [4.69, 9.17) is 51.9 Å². The summed E-state index contributed by atoms with van der Waals surface area (Å²) in [5, 5.41) is 0. The summed E-state index contributed by atoms with van der Waals surface area (Å²) in [7, 11) is -24.4. The number of hydrogen-bond donors (Lipinski definition) is 0. The van der Waals surface area contributed by atoms with Crippen LogP contribution in [0.15, 0.2) is 66.4 Å². The Morgan fingerprint density at radius 2 is 0.839 bits per heavy atom. The molecule has 0 spiro atoms. The van der Waals surface area contributed by atoms with E-state index in [1.165, 1.54) is 22.3 Å². The van der Waals surface area contributed by atoms with Crippen molar-refractivity contribution in [1.29, 1.82) is 0 Å². The van der Waals surface area contributed by atoms with Gasteiger partial charge in [-0.3, -0.25) is 0 Å². The minimum Gasteiger partial charge on any atom is -0.741 e. The number of hydrogen-bond acceptors (Lipinski definition) is 12. The first-order chi connectivity index (χ1) is 22.9. The summed E-state index contributed by atoms with van der Waals surface area (Å²) in [5.74, 6) is 0. The van der Waals surface area contributed by atoms with Gasteiger partial charge in [0.2, 0.25) is 0 Å².